The first-order valence-electron chi connectivity index (χ1n) is 7.91. The molecule has 1 saturated heterocycles. The van der Waals surface area contributed by atoms with Gasteiger partial charge in [0.1, 0.15) is 11.6 Å². The van der Waals surface area contributed by atoms with Crippen molar-refractivity contribution in [2.75, 3.05) is 22.7 Å². The third kappa shape index (κ3) is 4.72. The molecule has 1 aliphatic heterocycles. The molecule has 4 nitrogen and oxygen atoms in total. The Morgan fingerprint density at radius 1 is 1.08 bits per heavy atom. The normalized spacial score (nSPS) is 16.0. The van der Waals surface area contributed by atoms with Crippen molar-refractivity contribution < 1.29 is 18.3 Å². The van der Waals surface area contributed by atoms with Gasteiger partial charge in [-0.1, -0.05) is 0 Å². The molecular formula is C17H18F3N3OS. The highest BCUT2D eigenvalue weighted by Crippen LogP contribution is 2.32. The highest BCUT2D eigenvalue weighted by atomic mass is 32.2. The van der Waals surface area contributed by atoms with E-state index in [1.165, 1.54) is 18.3 Å². The first-order chi connectivity index (χ1) is 11.9. The van der Waals surface area contributed by atoms with Gasteiger partial charge in [0.2, 0.25) is 0 Å². The predicted molar refractivity (Wildman–Crippen MR) is 93.8 cm³/mol. The molecule has 1 aromatic heterocycles. The number of piperidine rings is 1. The van der Waals surface area contributed by atoms with Crippen molar-refractivity contribution in [1.82, 2.24) is 4.98 Å². The second kappa shape index (κ2) is 7.43. The summed E-state index contributed by atoms with van der Waals surface area (Å²) in [6, 6.07) is 8.62. The van der Waals surface area contributed by atoms with Crippen molar-refractivity contribution in [3.05, 3.63) is 48.2 Å². The van der Waals surface area contributed by atoms with Gasteiger partial charge < -0.3 is 14.7 Å². The van der Waals surface area contributed by atoms with E-state index >= 15 is 0 Å². The van der Waals surface area contributed by atoms with E-state index in [0.29, 0.717) is 11.1 Å². The van der Waals surface area contributed by atoms with E-state index in [0.717, 1.165) is 43.8 Å². The van der Waals surface area contributed by atoms with Crippen LogP contribution in [-0.2, 0) is 6.18 Å². The number of pyridine rings is 1. The molecule has 2 heterocycles. The lowest BCUT2D eigenvalue weighted by atomic mass is 10.1. The minimum atomic E-state index is -4.30. The Labute approximate surface area is 148 Å². The van der Waals surface area contributed by atoms with Crippen molar-refractivity contribution >= 4 is 23.5 Å². The number of hydrogen-bond acceptors (Lipinski definition) is 5. The zero-order chi connectivity index (χ0) is 17.9. The van der Waals surface area contributed by atoms with Gasteiger partial charge in [0.25, 0.3) is 0 Å². The van der Waals surface area contributed by atoms with E-state index < -0.39 is 11.7 Å². The maximum absolute atomic E-state index is 12.6. The lowest BCUT2D eigenvalue weighted by molar-refractivity contribution is -0.137. The fraction of sp³-hybridized carbons (Fsp3) is 0.353. The van der Waals surface area contributed by atoms with E-state index in [-0.39, 0.29) is 5.75 Å². The molecular weight excluding hydrogens is 351 g/mol. The molecule has 0 bridgehead atoms. The van der Waals surface area contributed by atoms with Crippen molar-refractivity contribution in [2.24, 2.45) is 0 Å². The van der Waals surface area contributed by atoms with Crippen molar-refractivity contribution in [1.29, 1.82) is 0 Å². The van der Waals surface area contributed by atoms with Gasteiger partial charge >= 0.3 is 6.18 Å². The van der Waals surface area contributed by atoms with Gasteiger partial charge in [-0.3, -0.25) is 0 Å². The number of aromatic hydroxyl groups is 1. The van der Waals surface area contributed by atoms with Crippen molar-refractivity contribution in [3.8, 4) is 5.75 Å². The summed E-state index contributed by atoms with van der Waals surface area (Å²) < 4.78 is 41.0. The highest BCUT2D eigenvalue weighted by Gasteiger charge is 2.30. The molecule has 0 atom stereocenters. The maximum atomic E-state index is 12.6. The average Bonchev–Trinajstić information content (AvgIpc) is 2.61. The number of benzene rings is 1. The van der Waals surface area contributed by atoms with Crippen LogP contribution in [-0.4, -0.2) is 28.4 Å². The van der Waals surface area contributed by atoms with E-state index in [1.807, 2.05) is 0 Å². The number of aromatic nitrogens is 1. The third-order valence-corrected chi connectivity index (χ3v) is 5.21. The van der Waals surface area contributed by atoms with Crippen molar-refractivity contribution in [2.45, 2.75) is 24.3 Å². The Kier molecular flexibility index (Phi) is 5.27. The molecule has 134 valence electrons. The molecule has 3 rings (SSSR count). The molecule has 2 aromatic rings. The maximum Gasteiger partial charge on any atom is 0.416 e. The number of nitrogens with zero attached hydrogens (tertiary/aromatic N) is 2. The first kappa shape index (κ1) is 17.7. The predicted octanol–water partition coefficient (Wildman–Crippen LogP) is 4.54. The van der Waals surface area contributed by atoms with Crippen LogP contribution in [0.25, 0.3) is 0 Å². The number of alkyl halides is 3. The standard InChI is InChI=1S/C17H18F3N3OS/c18-17(19,20)12-1-3-13(4-2-12)23-9-7-15(8-10-23)25-22-16-6-5-14(24)11-21-16/h1-6,11,15,24H,7-10H2,(H,21,22). The molecule has 1 fully saturated rings. The second-order valence-electron chi connectivity index (χ2n) is 5.85. The fourth-order valence-electron chi connectivity index (χ4n) is 2.68. The summed E-state index contributed by atoms with van der Waals surface area (Å²) in [5.41, 5.74) is 0.205. The molecule has 0 unspecified atom stereocenters. The average molecular weight is 369 g/mol. The summed E-state index contributed by atoms with van der Waals surface area (Å²) in [7, 11) is 0. The Hall–Kier alpha value is -2.09. The Morgan fingerprint density at radius 3 is 2.32 bits per heavy atom. The molecule has 2 N–H and O–H groups in total. The van der Waals surface area contributed by atoms with Gasteiger partial charge in [-0.25, -0.2) is 4.98 Å². The first-order valence-corrected chi connectivity index (χ1v) is 8.79. The second-order valence-corrected chi connectivity index (χ2v) is 6.96. The van der Waals surface area contributed by atoms with Crippen LogP contribution in [0.15, 0.2) is 42.6 Å². The van der Waals surface area contributed by atoms with Gasteiger partial charge in [0, 0.05) is 24.0 Å². The summed E-state index contributed by atoms with van der Waals surface area (Å²) in [6.45, 7) is 1.60. The highest BCUT2D eigenvalue weighted by molar-refractivity contribution is 8.01. The zero-order valence-electron chi connectivity index (χ0n) is 13.3. The summed E-state index contributed by atoms with van der Waals surface area (Å²) in [5.74, 6) is 0.813. The topological polar surface area (TPSA) is 48.4 Å². The van der Waals surface area contributed by atoms with Crippen LogP contribution < -0.4 is 9.62 Å². The largest absolute Gasteiger partial charge is 0.506 e. The minimum absolute atomic E-state index is 0.125. The SMILES string of the molecule is Oc1ccc(NSC2CCN(c3ccc(C(F)(F)F)cc3)CC2)nc1. The molecule has 1 aromatic carbocycles. The molecule has 25 heavy (non-hydrogen) atoms. The van der Waals surface area contributed by atoms with Crippen LogP contribution in [0.3, 0.4) is 0 Å². The lowest BCUT2D eigenvalue weighted by Crippen LogP contribution is -2.35. The van der Waals surface area contributed by atoms with Crippen LogP contribution in [0.1, 0.15) is 18.4 Å². The number of rotatable bonds is 4. The summed E-state index contributed by atoms with van der Waals surface area (Å²) in [5, 5.41) is 9.61. The number of anilines is 2. The number of hydrogen-bond donors (Lipinski definition) is 2. The van der Waals surface area contributed by atoms with Crippen molar-refractivity contribution in [3.63, 3.8) is 0 Å². The molecule has 0 aliphatic carbocycles. The molecule has 0 spiro atoms. The number of nitrogens with one attached hydrogen (secondary N) is 1. The smallest absolute Gasteiger partial charge is 0.416 e. The van der Waals surface area contributed by atoms with Crippen LogP contribution in [0.5, 0.6) is 5.75 Å². The van der Waals surface area contributed by atoms with E-state index in [9.17, 15) is 18.3 Å². The summed E-state index contributed by atoms with van der Waals surface area (Å²) in [6.07, 6.45) is -1.06. The molecule has 0 radical (unpaired) electrons. The van der Waals surface area contributed by atoms with Crippen LogP contribution >= 0.6 is 11.9 Å². The van der Waals surface area contributed by atoms with Crippen LogP contribution in [0.4, 0.5) is 24.7 Å². The van der Waals surface area contributed by atoms with Gasteiger partial charge in [-0.05, 0) is 61.2 Å². The van der Waals surface area contributed by atoms with Gasteiger partial charge in [-0.15, -0.1) is 0 Å². The zero-order valence-corrected chi connectivity index (χ0v) is 14.1. The molecule has 0 amide bonds. The molecule has 0 saturated carbocycles. The fourth-order valence-corrected chi connectivity index (χ4v) is 3.54. The molecule has 8 heteroatoms. The van der Waals surface area contributed by atoms with E-state index in [1.54, 1.807) is 24.1 Å². The van der Waals surface area contributed by atoms with E-state index in [4.69, 9.17) is 0 Å². The van der Waals surface area contributed by atoms with Gasteiger partial charge in [0.15, 0.2) is 0 Å². The minimum Gasteiger partial charge on any atom is -0.506 e. The quantitative estimate of drug-likeness (QED) is 0.775. The number of halogens is 3. The Balaban J connectivity index is 1.49. The summed E-state index contributed by atoms with van der Waals surface area (Å²) >= 11 is 1.59. The Bertz CT molecular complexity index is 684. The van der Waals surface area contributed by atoms with Gasteiger partial charge in [-0.2, -0.15) is 13.2 Å². The Morgan fingerprint density at radius 2 is 1.76 bits per heavy atom. The van der Waals surface area contributed by atoms with Crippen LogP contribution in [0.2, 0.25) is 0 Å². The van der Waals surface area contributed by atoms with Crippen LogP contribution in [0, 0.1) is 0 Å². The van der Waals surface area contributed by atoms with E-state index in [2.05, 4.69) is 14.6 Å². The summed E-state index contributed by atoms with van der Waals surface area (Å²) in [4.78, 5) is 6.18. The third-order valence-electron chi connectivity index (χ3n) is 4.08. The monoisotopic (exact) mass is 369 g/mol. The molecule has 1 aliphatic rings. The lowest BCUT2D eigenvalue weighted by Gasteiger charge is -2.33. The van der Waals surface area contributed by atoms with Gasteiger partial charge in [0.05, 0.1) is 11.8 Å².